The fraction of sp³-hybridized carbons (Fsp3) is 0.714. The lowest BCUT2D eigenvalue weighted by molar-refractivity contribution is -0.287. The Balaban J connectivity index is 3.70. The van der Waals surface area contributed by atoms with Crippen molar-refractivity contribution in [3.63, 3.8) is 0 Å². The topological polar surface area (TPSA) is 178 Å². The van der Waals surface area contributed by atoms with E-state index in [1.807, 2.05) is 0 Å². The Morgan fingerprint density at radius 2 is 0.941 bits per heavy atom. The molecule has 1 aliphatic carbocycles. The van der Waals surface area contributed by atoms with Crippen LogP contribution in [0.1, 0.15) is 54.4 Å². The maximum absolute atomic E-state index is 11.9. The zero-order chi connectivity index (χ0) is 26.2. The second-order valence-corrected chi connectivity index (χ2v) is 7.72. The molecule has 1 fully saturated rings. The highest BCUT2D eigenvalue weighted by Gasteiger charge is 2.66. The summed E-state index contributed by atoms with van der Waals surface area (Å²) in [7, 11) is 0. The van der Waals surface area contributed by atoms with Crippen LogP contribution in [0.15, 0.2) is 0 Å². The van der Waals surface area contributed by atoms with E-state index in [2.05, 4.69) is 0 Å². The van der Waals surface area contributed by atoms with E-state index in [9.17, 15) is 33.9 Å². The SMILES string of the molecule is CC(=O)OCCC[C@]1(O)C(OC(C)=O)C(OC(C)=O)[C@H](OC(C)=O)C(OC(C)=O)[C@@H]1OC(C)=O. The zero-order valence-electron chi connectivity index (χ0n) is 19.9. The molecule has 0 heterocycles. The molecule has 3 unspecified atom stereocenters. The van der Waals surface area contributed by atoms with Crippen molar-refractivity contribution in [2.24, 2.45) is 0 Å². The number of carbonyl (C=O) groups excluding carboxylic acids is 6. The average Bonchev–Trinajstić information content (AvgIpc) is 2.66. The van der Waals surface area contributed by atoms with Gasteiger partial charge in [-0.25, -0.2) is 0 Å². The number of hydrogen-bond donors (Lipinski definition) is 1. The molecule has 6 atom stereocenters. The van der Waals surface area contributed by atoms with Crippen LogP contribution >= 0.6 is 0 Å². The van der Waals surface area contributed by atoms with Crippen LogP contribution in [0.5, 0.6) is 0 Å². The lowest BCUT2D eigenvalue weighted by Gasteiger charge is -2.52. The van der Waals surface area contributed by atoms with Crippen molar-refractivity contribution in [1.82, 2.24) is 0 Å². The lowest BCUT2D eigenvalue weighted by Crippen LogP contribution is -2.74. The number of hydrogen-bond acceptors (Lipinski definition) is 13. The van der Waals surface area contributed by atoms with Gasteiger partial charge in [-0.1, -0.05) is 0 Å². The summed E-state index contributed by atoms with van der Waals surface area (Å²) in [6.07, 6.45) is -8.74. The van der Waals surface area contributed by atoms with Crippen LogP contribution in [0.3, 0.4) is 0 Å². The Morgan fingerprint density at radius 1 is 0.588 bits per heavy atom. The maximum Gasteiger partial charge on any atom is 0.303 e. The molecular weight excluding hydrogens is 460 g/mol. The van der Waals surface area contributed by atoms with Crippen molar-refractivity contribution in [2.75, 3.05) is 6.61 Å². The van der Waals surface area contributed by atoms with Gasteiger partial charge in [0.15, 0.2) is 30.5 Å². The number of rotatable bonds is 9. The third-order valence-electron chi connectivity index (χ3n) is 4.75. The molecule has 13 nitrogen and oxygen atoms in total. The predicted molar refractivity (Wildman–Crippen MR) is 109 cm³/mol. The summed E-state index contributed by atoms with van der Waals surface area (Å²) in [5.41, 5.74) is -2.33. The quantitative estimate of drug-likeness (QED) is 0.254. The van der Waals surface area contributed by atoms with Crippen molar-refractivity contribution in [3.05, 3.63) is 0 Å². The number of carbonyl (C=O) groups is 6. The highest BCUT2D eigenvalue weighted by molar-refractivity contribution is 5.70. The summed E-state index contributed by atoms with van der Waals surface area (Å²) in [4.78, 5) is 70.5. The van der Waals surface area contributed by atoms with E-state index in [0.29, 0.717) is 0 Å². The summed E-state index contributed by atoms with van der Waals surface area (Å²) in [6, 6.07) is 0. The van der Waals surface area contributed by atoms with Crippen LogP contribution < -0.4 is 0 Å². The zero-order valence-corrected chi connectivity index (χ0v) is 19.9. The van der Waals surface area contributed by atoms with Crippen LogP contribution in [0.25, 0.3) is 0 Å². The normalized spacial score (nSPS) is 28.1. The molecular formula is C21H30O13. The van der Waals surface area contributed by atoms with Gasteiger partial charge < -0.3 is 33.5 Å². The molecule has 0 aromatic carbocycles. The average molecular weight is 490 g/mol. The van der Waals surface area contributed by atoms with Crippen molar-refractivity contribution < 1.29 is 62.3 Å². The van der Waals surface area contributed by atoms with E-state index in [1.54, 1.807) is 0 Å². The van der Waals surface area contributed by atoms with E-state index in [0.717, 1.165) is 34.6 Å². The van der Waals surface area contributed by atoms with E-state index in [-0.39, 0.29) is 19.4 Å². The first-order valence-electron chi connectivity index (χ1n) is 10.4. The van der Waals surface area contributed by atoms with Crippen LogP contribution in [0, 0.1) is 0 Å². The number of aliphatic hydroxyl groups is 1. The third kappa shape index (κ3) is 7.97. The Labute approximate surface area is 195 Å². The molecule has 0 aromatic heterocycles. The predicted octanol–water partition coefficient (Wildman–Crippen LogP) is -0.267. The van der Waals surface area contributed by atoms with Gasteiger partial charge in [-0.15, -0.1) is 0 Å². The molecule has 0 amide bonds. The maximum atomic E-state index is 11.9. The Hall–Kier alpha value is -3.22. The molecule has 192 valence electrons. The first-order chi connectivity index (χ1) is 15.7. The standard InChI is InChI=1S/C21H30O13/c1-10(22)29-9-7-8-21(28)19(33-14(5)26)17(31-12(3)24)16(30-11(2)23)18(32-13(4)25)20(21)34-15(6)27/h16-20,28H,7-9H2,1-6H3/t16-,17?,18?,19+,20?,21-/m1/s1. The molecule has 0 radical (unpaired) electrons. The van der Waals surface area contributed by atoms with E-state index in [4.69, 9.17) is 28.4 Å². The largest absolute Gasteiger partial charge is 0.466 e. The van der Waals surface area contributed by atoms with E-state index in [1.165, 1.54) is 6.92 Å². The van der Waals surface area contributed by atoms with Gasteiger partial charge in [-0.2, -0.15) is 0 Å². The Bertz CT molecular complexity index is 760. The first-order valence-corrected chi connectivity index (χ1v) is 10.4. The minimum absolute atomic E-state index is 0.0244. The van der Waals surface area contributed by atoms with Gasteiger partial charge in [0.05, 0.1) is 6.61 Å². The van der Waals surface area contributed by atoms with Gasteiger partial charge in [0.2, 0.25) is 0 Å². The van der Waals surface area contributed by atoms with Gasteiger partial charge >= 0.3 is 35.8 Å². The fourth-order valence-corrected chi connectivity index (χ4v) is 3.78. The summed E-state index contributed by atoms with van der Waals surface area (Å²) in [5.74, 6) is -5.08. The summed E-state index contributed by atoms with van der Waals surface area (Å²) < 4.78 is 31.2. The molecule has 0 bridgehead atoms. The van der Waals surface area contributed by atoms with E-state index >= 15 is 0 Å². The lowest BCUT2D eigenvalue weighted by atomic mass is 9.71. The van der Waals surface area contributed by atoms with Gasteiger partial charge in [-0.05, 0) is 12.8 Å². The first kappa shape index (κ1) is 28.8. The third-order valence-corrected chi connectivity index (χ3v) is 4.75. The monoisotopic (exact) mass is 490 g/mol. The molecule has 1 aliphatic rings. The van der Waals surface area contributed by atoms with Crippen molar-refractivity contribution in [1.29, 1.82) is 0 Å². The van der Waals surface area contributed by atoms with Crippen molar-refractivity contribution in [3.8, 4) is 0 Å². The van der Waals surface area contributed by atoms with E-state index < -0.39 is 71.9 Å². The number of ether oxygens (including phenoxy) is 6. The van der Waals surface area contributed by atoms with Crippen LogP contribution in [-0.2, 0) is 57.2 Å². The summed E-state index contributed by atoms with van der Waals surface area (Å²) in [5, 5.41) is 11.8. The van der Waals surface area contributed by atoms with Gasteiger partial charge in [-0.3, -0.25) is 28.8 Å². The molecule has 0 spiro atoms. The molecule has 34 heavy (non-hydrogen) atoms. The van der Waals surface area contributed by atoms with Crippen molar-refractivity contribution >= 4 is 35.8 Å². The molecule has 1 saturated carbocycles. The molecule has 1 rings (SSSR count). The van der Waals surface area contributed by atoms with Crippen LogP contribution in [0.4, 0.5) is 0 Å². The van der Waals surface area contributed by atoms with Gasteiger partial charge in [0.25, 0.3) is 0 Å². The fourth-order valence-electron chi connectivity index (χ4n) is 3.78. The van der Waals surface area contributed by atoms with Crippen LogP contribution in [0.2, 0.25) is 0 Å². The smallest absolute Gasteiger partial charge is 0.303 e. The van der Waals surface area contributed by atoms with Crippen LogP contribution in [-0.4, -0.2) is 83.7 Å². The van der Waals surface area contributed by atoms with Gasteiger partial charge in [0, 0.05) is 41.5 Å². The minimum atomic E-state index is -2.33. The summed E-state index contributed by atoms with van der Waals surface area (Å²) >= 11 is 0. The number of esters is 6. The molecule has 0 saturated heterocycles. The second-order valence-electron chi connectivity index (χ2n) is 7.72. The Morgan fingerprint density at radius 3 is 1.26 bits per heavy atom. The molecule has 1 N–H and O–H groups in total. The summed E-state index contributed by atoms with van der Waals surface area (Å²) in [6.45, 7) is 6.12. The minimum Gasteiger partial charge on any atom is -0.466 e. The highest BCUT2D eigenvalue weighted by atomic mass is 16.7. The highest BCUT2D eigenvalue weighted by Crippen LogP contribution is 2.41. The Kier molecular flexibility index (Phi) is 10.4. The molecule has 0 aromatic rings. The van der Waals surface area contributed by atoms with Gasteiger partial charge in [0.1, 0.15) is 5.60 Å². The molecule has 13 heteroatoms. The van der Waals surface area contributed by atoms with Crippen molar-refractivity contribution in [2.45, 2.75) is 90.5 Å². The second kappa shape index (κ2) is 12.3. The molecule has 0 aliphatic heterocycles.